The predicted octanol–water partition coefficient (Wildman–Crippen LogP) is -0.726. The van der Waals surface area contributed by atoms with Gasteiger partial charge in [0.1, 0.15) is 0 Å². The van der Waals surface area contributed by atoms with Crippen LogP contribution in [0.5, 0.6) is 0 Å². The molecule has 2 aliphatic rings. The van der Waals surface area contributed by atoms with Gasteiger partial charge in [-0.2, -0.15) is 0 Å². The summed E-state index contributed by atoms with van der Waals surface area (Å²) in [7, 11) is 0. The largest absolute Gasteiger partial charge is 0.444 e. The van der Waals surface area contributed by atoms with Crippen molar-refractivity contribution in [2.24, 2.45) is 0 Å². The highest BCUT2D eigenvalue weighted by atomic mass is 16.6. The summed E-state index contributed by atoms with van der Waals surface area (Å²) in [5, 5.41) is 5.36. The second kappa shape index (κ2) is 12.5. The molecule has 170 valence electrons. The van der Waals surface area contributed by atoms with Crippen LogP contribution in [0.25, 0.3) is 0 Å². The van der Waals surface area contributed by atoms with E-state index in [4.69, 9.17) is 9.47 Å². The topological polar surface area (TPSA) is 117 Å². The van der Waals surface area contributed by atoms with E-state index in [1.54, 1.807) is 0 Å². The SMILES string of the molecule is CC(OC(=O)C(=O)OC(C)C(=O)NCCN1CCCC1)C(=O)NCCN1CCCC1. The van der Waals surface area contributed by atoms with Crippen LogP contribution in [0.2, 0.25) is 0 Å². The average Bonchev–Trinajstić information content (AvgIpc) is 3.41. The van der Waals surface area contributed by atoms with E-state index in [0.29, 0.717) is 13.1 Å². The number of rotatable bonds is 10. The molecular formula is C20H34N4O6. The van der Waals surface area contributed by atoms with Gasteiger partial charge in [-0.15, -0.1) is 0 Å². The van der Waals surface area contributed by atoms with Crippen LogP contribution in [-0.4, -0.2) is 98.1 Å². The molecule has 0 aromatic rings. The van der Waals surface area contributed by atoms with E-state index in [1.807, 2.05) is 0 Å². The summed E-state index contributed by atoms with van der Waals surface area (Å²) in [6, 6.07) is 0. The molecule has 2 N–H and O–H groups in total. The van der Waals surface area contributed by atoms with Crippen LogP contribution in [-0.2, 0) is 28.7 Å². The fourth-order valence-corrected chi connectivity index (χ4v) is 3.50. The summed E-state index contributed by atoms with van der Waals surface area (Å²) >= 11 is 0. The number of hydrogen-bond acceptors (Lipinski definition) is 8. The molecule has 0 bridgehead atoms. The van der Waals surface area contributed by atoms with E-state index in [0.717, 1.165) is 39.3 Å². The molecule has 0 saturated carbocycles. The Morgan fingerprint density at radius 3 is 1.37 bits per heavy atom. The number of esters is 2. The van der Waals surface area contributed by atoms with Crippen LogP contribution in [0, 0.1) is 0 Å². The van der Waals surface area contributed by atoms with Crippen LogP contribution in [0.4, 0.5) is 0 Å². The zero-order valence-electron chi connectivity index (χ0n) is 18.0. The van der Waals surface area contributed by atoms with Crippen LogP contribution in [0.3, 0.4) is 0 Å². The standard InChI is InChI=1S/C20H34N4O6/c1-15(17(25)21-7-13-23-9-3-4-10-23)29-19(27)20(28)30-16(2)18(26)22-8-14-24-11-5-6-12-24/h15-16H,3-14H2,1-2H3,(H,21,25)(H,22,26). The monoisotopic (exact) mass is 426 g/mol. The number of nitrogens with zero attached hydrogens (tertiary/aromatic N) is 2. The fraction of sp³-hybridized carbons (Fsp3) is 0.800. The minimum Gasteiger partial charge on any atom is -0.444 e. The van der Waals surface area contributed by atoms with Gasteiger partial charge in [-0.05, 0) is 65.7 Å². The third kappa shape index (κ3) is 8.27. The number of likely N-dealkylation sites (tertiary alicyclic amines) is 2. The van der Waals surface area contributed by atoms with Crippen LogP contribution in [0.1, 0.15) is 39.5 Å². The van der Waals surface area contributed by atoms with Crippen molar-refractivity contribution in [3.05, 3.63) is 0 Å². The fourth-order valence-electron chi connectivity index (χ4n) is 3.50. The summed E-state index contributed by atoms with van der Waals surface area (Å²) < 4.78 is 9.70. The lowest BCUT2D eigenvalue weighted by Crippen LogP contribution is -2.42. The van der Waals surface area contributed by atoms with Crippen molar-refractivity contribution in [3.8, 4) is 0 Å². The van der Waals surface area contributed by atoms with E-state index in [9.17, 15) is 19.2 Å². The lowest BCUT2D eigenvalue weighted by atomic mass is 10.3. The number of ether oxygens (including phenoxy) is 2. The van der Waals surface area contributed by atoms with E-state index < -0.39 is 36.0 Å². The molecule has 30 heavy (non-hydrogen) atoms. The number of hydrogen-bond donors (Lipinski definition) is 2. The van der Waals surface area contributed by atoms with Gasteiger partial charge in [0, 0.05) is 26.2 Å². The Morgan fingerprint density at radius 1 is 0.700 bits per heavy atom. The summed E-state index contributed by atoms with van der Waals surface area (Å²) in [5.41, 5.74) is 0. The molecule has 2 rings (SSSR count). The van der Waals surface area contributed by atoms with Crippen molar-refractivity contribution < 1.29 is 28.7 Å². The molecule has 2 saturated heterocycles. The maximum atomic E-state index is 12.0. The van der Waals surface area contributed by atoms with Crippen molar-refractivity contribution in [1.82, 2.24) is 20.4 Å². The molecule has 0 aliphatic carbocycles. The highest BCUT2D eigenvalue weighted by molar-refractivity contribution is 6.30. The van der Waals surface area contributed by atoms with Gasteiger partial charge in [0.2, 0.25) is 0 Å². The maximum absolute atomic E-state index is 12.0. The molecule has 0 aromatic heterocycles. The molecule has 2 amide bonds. The third-order valence-electron chi connectivity index (χ3n) is 5.32. The molecule has 2 atom stereocenters. The average molecular weight is 427 g/mol. The van der Waals surface area contributed by atoms with Crippen molar-refractivity contribution in [3.63, 3.8) is 0 Å². The van der Waals surface area contributed by atoms with Gasteiger partial charge in [0.25, 0.3) is 11.8 Å². The van der Waals surface area contributed by atoms with Gasteiger partial charge < -0.3 is 29.9 Å². The second-order valence-corrected chi connectivity index (χ2v) is 7.77. The van der Waals surface area contributed by atoms with E-state index in [1.165, 1.54) is 39.5 Å². The zero-order valence-corrected chi connectivity index (χ0v) is 18.0. The first-order valence-corrected chi connectivity index (χ1v) is 10.8. The van der Waals surface area contributed by atoms with Gasteiger partial charge in [0.15, 0.2) is 12.2 Å². The maximum Gasteiger partial charge on any atom is 0.418 e. The molecule has 0 aromatic carbocycles. The van der Waals surface area contributed by atoms with Crippen molar-refractivity contribution >= 4 is 23.8 Å². The first-order valence-electron chi connectivity index (χ1n) is 10.8. The number of carbonyl (C=O) groups excluding carboxylic acids is 4. The summed E-state index contributed by atoms with van der Waals surface area (Å²) in [6.07, 6.45) is 2.40. The zero-order chi connectivity index (χ0) is 21.9. The number of carbonyl (C=O) groups is 4. The predicted molar refractivity (Wildman–Crippen MR) is 108 cm³/mol. The Balaban J connectivity index is 1.61. The molecule has 0 spiro atoms. The molecule has 2 unspecified atom stereocenters. The van der Waals surface area contributed by atoms with Crippen LogP contribution >= 0.6 is 0 Å². The van der Waals surface area contributed by atoms with Gasteiger partial charge in [0.05, 0.1) is 0 Å². The Kier molecular flexibility index (Phi) is 10.0. The smallest absolute Gasteiger partial charge is 0.418 e. The van der Waals surface area contributed by atoms with E-state index in [2.05, 4.69) is 20.4 Å². The highest BCUT2D eigenvalue weighted by Crippen LogP contribution is 2.06. The Labute approximate surface area is 177 Å². The van der Waals surface area contributed by atoms with Crippen molar-refractivity contribution in [1.29, 1.82) is 0 Å². The van der Waals surface area contributed by atoms with E-state index in [-0.39, 0.29) is 0 Å². The van der Waals surface area contributed by atoms with Crippen LogP contribution < -0.4 is 10.6 Å². The molecule has 2 fully saturated rings. The summed E-state index contributed by atoms with van der Waals surface area (Å²) in [4.78, 5) is 52.2. The highest BCUT2D eigenvalue weighted by Gasteiger charge is 2.27. The lowest BCUT2D eigenvalue weighted by Gasteiger charge is -2.18. The number of amides is 2. The molecule has 10 heteroatoms. The Hall–Kier alpha value is -2.20. The third-order valence-corrected chi connectivity index (χ3v) is 5.32. The normalized spacial score (nSPS) is 19.1. The second-order valence-electron chi connectivity index (χ2n) is 7.77. The van der Waals surface area contributed by atoms with E-state index >= 15 is 0 Å². The summed E-state index contributed by atoms with van der Waals surface area (Å²) in [6.45, 7) is 9.21. The van der Waals surface area contributed by atoms with Gasteiger partial charge in [-0.1, -0.05) is 0 Å². The Morgan fingerprint density at radius 2 is 1.03 bits per heavy atom. The minimum absolute atomic E-state index is 0.444. The molecule has 0 radical (unpaired) electrons. The number of nitrogens with one attached hydrogen (secondary N) is 2. The van der Waals surface area contributed by atoms with Gasteiger partial charge in [-0.3, -0.25) is 9.59 Å². The van der Waals surface area contributed by atoms with Crippen LogP contribution in [0.15, 0.2) is 0 Å². The molecule has 2 aliphatic heterocycles. The van der Waals surface area contributed by atoms with Crippen molar-refractivity contribution in [2.45, 2.75) is 51.7 Å². The molecule has 10 nitrogen and oxygen atoms in total. The van der Waals surface area contributed by atoms with Crippen molar-refractivity contribution in [2.75, 3.05) is 52.4 Å². The lowest BCUT2D eigenvalue weighted by molar-refractivity contribution is -0.175. The molecule has 2 heterocycles. The quantitative estimate of drug-likeness (QED) is 0.347. The minimum atomic E-state index is -1.30. The van der Waals surface area contributed by atoms with Gasteiger partial charge >= 0.3 is 11.9 Å². The Bertz CT molecular complexity index is 550. The molecular weight excluding hydrogens is 392 g/mol. The van der Waals surface area contributed by atoms with Gasteiger partial charge in [-0.25, -0.2) is 9.59 Å². The first kappa shape index (κ1) is 24.1. The first-order chi connectivity index (χ1) is 14.4. The summed E-state index contributed by atoms with van der Waals surface area (Å²) in [5.74, 6) is -3.56.